The van der Waals surface area contributed by atoms with Crippen LogP contribution in [0.3, 0.4) is 0 Å². The highest BCUT2D eigenvalue weighted by atomic mass is 127. The average Bonchev–Trinajstić information content (AvgIpc) is 2.10. The lowest BCUT2D eigenvalue weighted by Gasteiger charge is -2.02. The molecule has 0 aromatic heterocycles. The maximum atomic E-state index is 10.7. The monoisotopic (exact) mass is 431 g/mol. The number of carboxylic acids is 1. The maximum Gasteiger partial charge on any atom is 0.335 e. The normalized spacial score (nSPS) is 9.29. The molecule has 0 bridgehead atoms. The van der Waals surface area contributed by atoms with Gasteiger partial charge in [0.1, 0.15) is 5.69 Å². The third-order valence-electron chi connectivity index (χ3n) is 1.42. The number of halogens is 2. The van der Waals surface area contributed by atoms with E-state index < -0.39 is 5.97 Å². The van der Waals surface area contributed by atoms with Gasteiger partial charge in [0.2, 0.25) is 0 Å². The molecule has 0 aliphatic carbocycles. The number of hydrogen-bond acceptors (Lipinski definition) is 3. The molecular formula is C8H3I2NO2S. The number of rotatable bonds is 2. The Bertz CT molecular complexity index is 418. The van der Waals surface area contributed by atoms with E-state index in [0.717, 1.165) is 7.14 Å². The van der Waals surface area contributed by atoms with Crippen LogP contribution in [-0.2, 0) is 0 Å². The zero-order valence-electron chi connectivity index (χ0n) is 6.62. The Hall–Kier alpha value is -0.0500. The molecule has 14 heavy (non-hydrogen) atoms. The molecule has 0 fully saturated rings. The van der Waals surface area contributed by atoms with E-state index in [2.05, 4.69) is 22.4 Å². The average molecular weight is 431 g/mol. The first kappa shape index (κ1) is 12.0. The molecule has 6 heteroatoms. The van der Waals surface area contributed by atoms with Crippen molar-refractivity contribution in [1.82, 2.24) is 0 Å². The van der Waals surface area contributed by atoms with Crippen molar-refractivity contribution in [3.63, 3.8) is 0 Å². The minimum absolute atomic E-state index is 0.252. The van der Waals surface area contributed by atoms with E-state index in [4.69, 9.17) is 5.11 Å². The van der Waals surface area contributed by atoms with E-state index in [0.29, 0.717) is 5.69 Å². The van der Waals surface area contributed by atoms with Crippen LogP contribution in [-0.4, -0.2) is 16.2 Å². The van der Waals surface area contributed by atoms with Crippen molar-refractivity contribution in [3.05, 3.63) is 24.8 Å². The summed E-state index contributed by atoms with van der Waals surface area (Å²) in [6, 6.07) is 3.10. The van der Waals surface area contributed by atoms with Crippen LogP contribution in [0.25, 0.3) is 0 Å². The van der Waals surface area contributed by atoms with Gasteiger partial charge in [-0.1, -0.05) is 0 Å². The van der Waals surface area contributed by atoms with Crippen molar-refractivity contribution in [2.75, 3.05) is 0 Å². The van der Waals surface area contributed by atoms with Gasteiger partial charge in [-0.2, -0.15) is 4.99 Å². The standard InChI is InChI=1S/C8H3I2NO2S/c9-5-1-4(8(12)13)2-6(10)7(5)11-3-14/h1-2H,(H,12,13). The van der Waals surface area contributed by atoms with Crippen molar-refractivity contribution in [2.45, 2.75) is 0 Å². The Balaban J connectivity index is 3.39. The number of benzene rings is 1. The van der Waals surface area contributed by atoms with Crippen molar-refractivity contribution >= 4 is 74.2 Å². The Kier molecular flexibility index (Phi) is 4.42. The highest BCUT2D eigenvalue weighted by molar-refractivity contribution is 14.1. The molecule has 0 aliphatic heterocycles. The molecular weight excluding hydrogens is 428 g/mol. The fourth-order valence-electron chi connectivity index (χ4n) is 0.841. The summed E-state index contributed by atoms with van der Waals surface area (Å²) in [6.45, 7) is 0. The minimum Gasteiger partial charge on any atom is -0.478 e. The second-order valence-electron chi connectivity index (χ2n) is 2.30. The van der Waals surface area contributed by atoms with Gasteiger partial charge in [0, 0.05) is 7.14 Å². The Morgan fingerprint density at radius 1 is 1.43 bits per heavy atom. The van der Waals surface area contributed by atoms with E-state index in [9.17, 15) is 4.79 Å². The van der Waals surface area contributed by atoms with Gasteiger partial charge in [-0.05, 0) is 69.5 Å². The number of aliphatic imine (C=N–C) groups is 1. The van der Waals surface area contributed by atoms with Crippen molar-refractivity contribution in [3.8, 4) is 0 Å². The van der Waals surface area contributed by atoms with Crippen molar-refractivity contribution in [2.24, 2.45) is 4.99 Å². The van der Waals surface area contributed by atoms with Gasteiger partial charge < -0.3 is 5.11 Å². The van der Waals surface area contributed by atoms with Gasteiger partial charge in [-0.15, -0.1) is 0 Å². The number of isothiocyanates is 1. The SMILES string of the molecule is O=C(O)c1cc(I)c(N=C=S)c(I)c1. The molecule has 0 amide bonds. The molecule has 3 nitrogen and oxygen atoms in total. The number of aromatic carboxylic acids is 1. The molecule has 0 radical (unpaired) electrons. The van der Waals surface area contributed by atoms with Gasteiger partial charge >= 0.3 is 5.97 Å². The Morgan fingerprint density at radius 2 is 1.93 bits per heavy atom. The summed E-state index contributed by atoms with van der Waals surface area (Å²) in [6.07, 6.45) is 0. The highest BCUT2D eigenvalue weighted by Crippen LogP contribution is 2.28. The fraction of sp³-hybridized carbons (Fsp3) is 0. The molecule has 0 saturated carbocycles. The Morgan fingerprint density at radius 3 is 2.29 bits per heavy atom. The summed E-state index contributed by atoms with van der Waals surface area (Å²) in [7, 11) is 0. The van der Waals surface area contributed by atoms with E-state index in [-0.39, 0.29) is 5.56 Å². The first-order chi connectivity index (χ1) is 6.56. The number of carbonyl (C=O) groups is 1. The van der Waals surface area contributed by atoms with Gasteiger partial charge in [0.15, 0.2) is 0 Å². The molecule has 72 valence electrons. The molecule has 0 unspecified atom stereocenters. The zero-order chi connectivity index (χ0) is 10.7. The summed E-state index contributed by atoms with van der Waals surface area (Å²) >= 11 is 8.54. The predicted octanol–water partition coefficient (Wildman–Crippen LogP) is 3.33. The highest BCUT2D eigenvalue weighted by Gasteiger charge is 2.10. The van der Waals surface area contributed by atoms with Gasteiger partial charge in [-0.25, -0.2) is 4.79 Å². The fourth-order valence-corrected chi connectivity index (χ4v) is 2.94. The summed E-state index contributed by atoms with van der Waals surface area (Å²) in [5.74, 6) is -0.946. The topological polar surface area (TPSA) is 49.7 Å². The zero-order valence-corrected chi connectivity index (χ0v) is 11.8. The maximum absolute atomic E-state index is 10.7. The van der Waals surface area contributed by atoms with Crippen LogP contribution in [0.1, 0.15) is 10.4 Å². The molecule has 0 saturated heterocycles. The third kappa shape index (κ3) is 2.72. The molecule has 0 atom stereocenters. The second kappa shape index (κ2) is 5.15. The van der Waals surface area contributed by atoms with E-state index in [1.54, 1.807) is 12.1 Å². The quantitative estimate of drug-likeness (QED) is 0.445. The van der Waals surface area contributed by atoms with Gasteiger partial charge in [0.25, 0.3) is 0 Å². The van der Waals surface area contributed by atoms with Crippen LogP contribution in [0.2, 0.25) is 0 Å². The van der Waals surface area contributed by atoms with Crippen LogP contribution in [0.15, 0.2) is 17.1 Å². The van der Waals surface area contributed by atoms with Gasteiger partial charge in [0.05, 0.1) is 10.7 Å². The lowest BCUT2D eigenvalue weighted by atomic mass is 10.2. The third-order valence-corrected chi connectivity index (χ3v) is 3.16. The number of thiocarbonyl (C=S) groups is 1. The molecule has 0 aliphatic rings. The summed E-state index contributed by atoms with van der Waals surface area (Å²) in [5, 5.41) is 11.0. The number of carboxylic acid groups (broad SMARTS) is 1. The largest absolute Gasteiger partial charge is 0.478 e. The molecule has 1 rings (SSSR count). The van der Waals surface area contributed by atoms with E-state index in [1.165, 1.54) is 0 Å². The van der Waals surface area contributed by atoms with Crippen LogP contribution < -0.4 is 0 Å². The van der Waals surface area contributed by atoms with Crippen LogP contribution in [0, 0.1) is 7.14 Å². The van der Waals surface area contributed by atoms with Crippen molar-refractivity contribution < 1.29 is 9.90 Å². The lowest BCUT2D eigenvalue weighted by molar-refractivity contribution is 0.0697. The molecule has 1 N–H and O–H groups in total. The first-order valence-corrected chi connectivity index (χ1v) is 5.93. The minimum atomic E-state index is -0.946. The molecule has 1 aromatic rings. The van der Waals surface area contributed by atoms with Crippen molar-refractivity contribution in [1.29, 1.82) is 0 Å². The smallest absolute Gasteiger partial charge is 0.335 e. The Labute approximate surface area is 113 Å². The summed E-state index contributed by atoms with van der Waals surface area (Å²) in [5.41, 5.74) is 0.924. The van der Waals surface area contributed by atoms with Crippen LogP contribution in [0.4, 0.5) is 5.69 Å². The van der Waals surface area contributed by atoms with Crippen LogP contribution in [0.5, 0.6) is 0 Å². The van der Waals surface area contributed by atoms with E-state index in [1.807, 2.05) is 45.2 Å². The van der Waals surface area contributed by atoms with E-state index >= 15 is 0 Å². The lowest BCUT2D eigenvalue weighted by Crippen LogP contribution is -1.97. The molecule has 0 heterocycles. The summed E-state index contributed by atoms with van der Waals surface area (Å²) < 4.78 is 1.51. The number of nitrogens with zero attached hydrogens (tertiary/aromatic N) is 1. The predicted molar refractivity (Wildman–Crippen MR) is 73.5 cm³/mol. The van der Waals surface area contributed by atoms with Gasteiger partial charge in [-0.3, -0.25) is 0 Å². The number of hydrogen-bond donors (Lipinski definition) is 1. The van der Waals surface area contributed by atoms with Crippen LogP contribution >= 0.6 is 57.4 Å². The summed E-state index contributed by atoms with van der Waals surface area (Å²) in [4.78, 5) is 14.6. The second-order valence-corrected chi connectivity index (χ2v) is 4.80. The first-order valence-electron chi connectivity index (χ1n) is 3.36. The molecule has 1 aromatic carbocycles. The molecule has 0 spiro atoms.